The number of fused-ring (bicyclic) bond motifs is 6. The normalized spacial score (nSPS) is 12.9. The average molecular weight is 363 g/mol. The topological polar surface area (TPSA) is 58.9 Å². The zero-order valence-corrected chi connectivity index (χ0v) is 15.2. The molecule has 1 aliphatic heterocycles. The summed E-state index contributed by atoms with van der Waals surface area (Å²) in [6.45, 7) is 0.205. The van der Waals surface area contributed by atoms with Crippen LogP contribution in [0.15, 0.2) is 41.2 Å². The van der Waals surface area contributed by atoms with E-state index in [2.05, 4.69) is 0 Å². The largest absolute Gasteiger partial charge is 0.493 e. The highest BCUT2D eigenvalue weighted by Gasteiger charge is 2.20. The van der Waals surface area contributed by atoms with Crippen molar-refractivity contribution in [3.8, 4) is 23.0 Å². The zero-order valence-electron chi connectivity index (χ0n) is 15.2. The van der Waals surface area contributed by atoms with Crippen LogP contribution >= 0.6 is 0 Å². The summed E-state index contributed by atoms with van der Waals surface area (Å²) in [5, 5.41) is 4.14. The standard InChI is InChI=1S/C21H17NO5/c1-22-19-12(5-4-11-8-16-17(9-14(11)19)27-10-26-16)18-13(21(22)23)6-7-15(24-2)20(18)25-3/h4-9H,10H2,1-3H3. The lowest BCUT2D eigenvalue weighted by molar-refractivity contribution is 0.174. The molecular formula is C21H17NO5. The molecule has 0 saturated carbocycles. The van der Waals surface area contributed by atoms with E-state index in [1.807, 2.05) is 24.3 Å². The van der Waals surface area contributed by atoms with E-state index >= 15 is 0 Å². The first-order chi connectivity index (χ1) is 13.1. The lowest BCUT2D eigenvalue weighted by Gasteiger charge is -2.16. The molecule has 1 aromatic heterocycles. The number of methoxy groups -OCH3 is 2. The Morgan fingerprint density at radius 1 is 0.926 bits per heavy atom. The van der Waals surface area contributed by atoms with Crippen molar-refractivity contribution in [3.05, 3.63) is 46.8 Å². The second-order valence-electron chi connectivity index (χ2n) is 6.48. The Labute approximate surface area is 154 Å². The second-order valence-corrected chi connectivity index (χ2v) is 6.48. The summed E-state index contributed by atoms with van der Waals surface area (Å²) in [5.41, 5.74) is 0.721. The highest BCUT2D eigenvalue weighted by Crippen LogP contribution is 2.42. The molecule has 0 radical (unpaired) electrons. The molecule has 0 amide bonds. The van der Waals surface area contributed by atoms with Crippen molar-refractivity contribution in [2.75, 3.05) is 21.0 Å². The van der Waals surface area contributed by atoms with E-state index in [0.717, 1.165) is 27.1 Å². The molecule has 6 nitrogen and oxygen atoms in total. The van der Waals surface area contributed by atoms with Crippen LogP contribution in [0.4, 0.5) is 0 Å². The van der Waals surface area contributed by atoms with E-state index in [1.165, 1.54) is 0 Å². The molecule has 27 heavy (non-hydrogen) atoms. The van der Waals surface area contributed by atoms with Crippen LogP contribution in [-0.2, 0) is 7.05 Å². The molecule has 3 aromatic carbocycles. The van der Waals surface area contributed by atoms with Gasteiger partial charge in [0.1, 0.15) is 0 Å². The predicted octanol–water partition coefficient (Wildman–Crippen LogP) is 3.59. The minimum Gasteiger partial charge on any atom is -0.493 e. The molecule has 0 atom stereocenters. The molecule has 6 heteroatoms. The van der Waals surface area contributed by atoms with Gasteiger partial charge >= 0.3 is 0 Å². The Kier molecular flexibility index (Phi) is 3.25. The maximum absolute atomic E-state index is 13.1. The van der Waals surface area contributed by atoms with Gasteiger partial charge in [-0.25, -0.2) is 0 Å². The summed E-state index contributed by atoms with van der Waals surface area (Å²) >= 11 is 0. The Morgan fingerprint density at radius 3 is 2.41 bits per heavy atom. The Bertz CT molecular complexity index is 1310. The van der Waals surface area contributed by atoms with Gasteiger partial charge in [-0.15, -0.1) is 0 Å². The van der Waals surface area contributed by atoms with E-state index in [4.69, 9.17) is 18.9 Å². The van der Waals surface area contributed by atoms with Crippen LogP contribution in [-0.4, -0.2) is 25.6 Å². The molecule has 0 aliphatic carbocycles. The van der Waals surface area contributed by atoms with Gasteiger partial charge in [-0.1, -0.05) is 12.1 Å². The molecule has 0 unspecified atom stereocenters. The Morgan fingerprint density at radius 2 is 1.67 bits per heavy atom. The molecule has 0 N–H and O–H groups in total. The number of ether oxygens (including phenoxy) is 4. The van der Waals surface area contributed by atoms with Crippen molar-refractivity contribution in [1.29, 1.82) is 0 Å². The predicted molar refractivity (Wildman–Crippen MR) is 103 cm³/mol. The van der Waals surface area contributed by atoms with Gasteiger partial charge in [0.05, 0.1) is 25.1 Å². The molecule has 136 valence electrons. The van der Waals surface area contributed by atoms with E-state index < -0.39 is 0 Å². The number of pyridine rings is 1. The molecule has 0 spiro atoms. The minimum atomic E-state index is -0.0939. The molecule has 2 heterocycles. The van der Waals surface area contributed by atoms with Crippen LogP contribution in [0, 0.1) is 0 Å². The molecule has 5 rings (SSSR count). The summed E-state index contributed by atoms with van der Waals surface area (Å²) in [6, 6.07) is 11.4. The first kappa shape index (κ1) is 15.8. The van der Waals surface area contributed by atoms with E-state index in [-0.39, 0.29) is 12.4 Å². The zero-order chi connectivity index (χ0) is 18.7. The van der Waals surface area contributed by atoms with E-state index in [9.17, 15) is 4.79 Å². The van der Waals surface area contributed by atoms with Crippen LogP contribution < -0.4 is 24.5 Å². The van der Waals surface area contributed by atoms with Crippen molar-refractivity contribution < 1.29 is 18.9 Å². The molecule has 0 saturated heterocycles. The summed E-state index contributed by atoms with van der Waals surface area (Å²) in [5.74, 6) is 2.54. The van der Waals surface area contributed by atoms with Crippen LogP contribution in [0.25, 0.3) is 32.4 Å². The van der Waals surface area contributed by atoms with Gasteiger partial charge < -0.3 is 23.5 Å². The summed E-state index contributed by atoms with van der Waals surface area (Å²) in [7, 11) is 4.95. The Balaban J connectivity index is 2.05. The molecular weight excluding hydrogens is 346 g/mol. The summed E-state index contributed by atoms with van der Waals surface area (Å²) in [6.07, 6.45) is 0. The number of hydrogen-bond acceptors (Lipinski definition) is 5. The van der Waals surface area contributed by atoms with Crippen LogP contribution in [0.1, 0.15) is 0 Å². The fourth-order valence-electron chi connectivity index (χ4n) is 3.92. The van der Waals surface area contributed by atoms with Gasteiger partial charge in [-0.3, -0.25) is 4.79 Å². The van der Waals surface area contributed by atoms with Crippen molar-refractivity contribution >= 4 is 32.4 Å². The SMILES string of the molecule is COc1ccc2c(=O)n(C)c3c4cc5c(cc4ccc3c2c1OC)OCO5. The minimum absolute atomic E-state index is 0.0939. The number of aromatic nitrogens is 1. The highest BCUT2D eigenvalue weighted by atomic mass is 16.7. The van der Waals surface area contributed by atoms with Crippen molar-refractivity contribution in [2.45, 2.75) is 0 Å². The second kappa shape index (κ2) is 5.54. The summed E-state index contributed by atoms with van der Waals surface area (Å²) < 4.78 is 23.8. The molecule has 1 aliphatic rings. The van der Waals surface area contributed by atoms with Crippen molar-refractivity contribution in [2.24, 2.45) is 7.05 Å². The van der Waals surface area contributed by atoms with Gasteiger partial charge in [0.15, 0.2) is 23.0 Å². The van der Waals surface area contributed by atoms with Gasteiger partial charge in [0.25, 0.3) is 5.56 Å². The van der Waals surface area contributed by atoms with Gasteiger partial charge in [0, 0.05) is 23.2 Å². The van der Waals surface area contributed by atoms with Gasteiger partial charge in [-0.2, -0.15) is 0 Å². The fourth-order valence-corrected chi connectivity index (χ4v) is 3.92. The Hall–Kier alpha value is -3.41. The first-order valence-electron chi connectivity index (χ1n) is 8.53. The number of hydrogen-bond donors (Lipinski definition) is 0. The third-order valence-corrected chi connectivity index (χ3v) is 5.17. The molecule has 0 fully saturated rings. The highest BCUT2D eigenvalue weighted by molar-refractivity contribution is 6.18. The average Bonchev–Trinajstić information content (AvgIpc) is 3.15. The monoisotopic (exact) mass is 363 g/mol. The maximum atomic E-state index is 13.1. The van der Waals surface area contributed by atoms with Gasteiger partial charge in [0.2, 0.25) is 6.79 Å². The maximum Gasteiger partial charge on any atom is 0.258 e. The first-order valence-corrected chi connectivity index (χ1v) is 8.53. The van der Waals surface area contributed by atoms with Crippen LogP contribution in [0.2, 0.25) is 0 Å². The van der Waals surface area contributed by atoms with Crippen LogP contribution in [0.3, 0.4) is 0 Å². The third-order valence-electron chi connectivity index (χ3n) is 5.17. The molecule has 4 aromatic rings. The fraction of sp³-hybridized carbons (Fsp3) is 0.190. The van der Waals surface area contributed by atoms with Crippen LogP contribution in [0.5, 0.6) is 23.0 Å². The summed E-state index contributed by atoms with van der Waals surface area (Å²) in [4.78, 5) is 13.1. The third kappa shape index (κ3) is 2.04. The molecule has 0 bridgehead atoms. The quantitative estimate of drug-likeness (QED) is 0.510. The van der Waals surface area contributed by atoms with Gasteiger partial charge in [-0.05, 0) is 29.7 Å². The van der Waals surface area contributed by atoms with Crippen molar-refractivity contribution in [1.82, 2.24) is 4.57 Å². The smallest absolute Gasteiger partial charge is 0.258 e. The van der Waals surface area contributed by atoms with E-state index in [0.29, 0.717) is 28.4 Å². The number of nitrogens with zero attached hydrogens (tertiary/aromatic N) is 1. The van der Waals surface area contributed by atoms with Crippen molar-refractivity contribution in [3.63, 3.8) is 0 Å². The number of aryl methyl sites for hydroxylation is 1. The van der Waals surface area contributed by atoms with E-state index in [1.54, 1.807) is 38.0 Å². The lowest BCUT2D eigenvalue weighted by Crippen LogP contribution is -2.18. The lowest BCUT2D eigenvalue weighted by atomic mass is 9.99. The number of benzene rings is 3. The number of rotatable bonds is 2.